The van der Waals surface area contributed by atoms with E-state index in [-0.39, 0.29) is 5.91 Å². The standard InChI is InChI=1S/C23H29N3O3S/c1-4-25(5-2)15-16-26(21(27)14-17-29-18-10-7-6-8-11-18)23-24-22-19(28-3)12-9-13-20(22)30-23/h6-13H,4-5,14-17H2,1-3H3. The van der Waals surface area contributed by atoms with Crippen LogP contribution < -0.4 is 14.4 Å². The molecule has 1 heterocycles. The lowest BCUT2D eigenvalue weighted by Gasteiger charge is -2.24. The molecule has 2 aromatic carbocycles. The molecule has 6 nitrogen and oxygen atoms in total. The molecule has 160 valence electrons. The van der Waals surface area contributed by atoms with Gasteiger partial charge in [0.2, 0.25) is 5.91 Å². The summed E-state index contributed by atoms with van der Waals surface area (Å²) in [6, 6.07) is 15.4. The number of benzene rings is 2. The fourth-order valence-corrected chi connectivity index (χ4v) is 4.23. The third-order valence-corrected chi connectivity index (χ3v) is 6.03. The van der Waals surface area contributed by atoms with E-state index in [1.165, 1.54) is 11.3 Å². The number of ether oxygens (including phenoxy) is 2. The summed E-state index contributed by atoms with van der Waals surface area (Å²) in [7, 11) is 1.64. The minimum Gasteiger partial charge on any atom is -0.494 e. The molecule has 0 radical (unpaired) electrons. The van der Waals surface area contributed by atoms with E-state index in [1.807, 2.05) is 48.5 Å². The molecular formula is C23H29N3O3S. The first-order valence-corrected chi connectivity index (χ1v) is 11.1. The van der Waals surface area contributed by atoms with Gasteiger partial charge in [0.25, 0.3) is 0 Å². The molecule has 3 rings (SSSR count). The number of aromatic nitrogens is 1. The lowest BCUT2D eigenvalue weighted by atomic mass is 10.3. The summed E-state index contributed by atoms with van der Waals surface area (Å²) in [5.74, 6) is 1.50. The van der Waals surface area contributed by atoms with Gasteiger partial charge in [0.05, 0.1) is 24.8 Å². The van der Waals surface area contributed by atoms with Gasteiger partial charge >= 0.3 is 0 Å². The van der Waals surface area contributed by atoms with Crippen molar-refractivity contribution in [2.24, 2.45) is 0 Å². The third kappa shape index (κ3) is 5.49. The quantitative estimate of drug-likeness (QED) is 0.453. The zero-order valence-corrected chi connectivity index (χ0v) is 18.7. The number of likely N-dealkylation sites (N-methyl/N-ethyl adjacent to an activating group) is 1. The van der Waals surface area contributed by atoms with Crippen LogP contribution in [0.1, 0.15) is 20.3 Å². The number of fused-ring (bicyclic) bond motifs is 1. The fourth-order valence-electron chi connectivity index (χ4n) is 3.21. The number of thiazole rings is 1. The van der Waals surface area contributed by atoms with Gasteiger partial charge in [-0.05, 0) is 37.4 Å². The number of hydrogen-bond donors (Lipinski definition) is 0. The Morgan fingerprint density at radius 1 is 1.03 bits per heavy atom. The fraction of sp³-hybridized carbons (Fsp3) is 0.391. The van der Waals surface area contributed by atoms with Gasteiger partial charge in [-0.15, -0.1) is 0 Å². The number of amides is 1. The largest absolute Gasteiger partial charge is 0.494 e. The van der Waals surface area contributed by atoms with E-state index in [0.717, 1.165) is 41.3 Å². The van der Waals surface area contributed by atoms with Gasteiger partial charge in [0.1, 0.15) is 17.0 Å². The average Bonchev–Trinajstić information content (AvgIpc) is 3.21. The summed E-state index contributed by atoms with van der Waals surface area (Å²) in [5.41, 5.74) is 0.793. The maximum absolute atomic E-state index is 13.1. The van der Waals surface area contributed by atoms with Crippen LogP contribution in [0.3, 0.4) is 0 Å². The monoisotopic (exact) mass is 427 g/mol. The Morgan fingerprint density at radius 2 is 1.80 bits per heavy atom. The second-order valence-corrected chi connectivity index (χ2v) is 7.80. The van der Waals surface area contributed by atoms with Crippen molar-refractivity contribution in [3.8, 4) is 11.5 Å². The van der Waals surface area contributed by atoms with Crippen LogP contribution in [0, 0.1) is 0 Å². The summed E-state index contributed by atoms with van der Waals surface area (Å²) in [5, 5.41) is 0.700. The predicted molar refractivity (Wildman–Crippen MR) is 123 cm³/mol. The van der Waals surface area contributed by atoms with Gasteiger partial charge < -0.3 is 14.4 Å². The van der Waals surface area contributed by atoms with Gasteiger partial charge in [-0.2, -0.15) is 0 Å². The number of carbonyl (C=O) groups is 1. The molecule has 0 aliphatic carbocycles. The topological polar surface area (TPSA) is 54.9 Å². The summed E-state index contributed by atoms with van der Waals surface area (Å²) in [6.45, 7) is 7.88. The molecule has 1 amide bonds. The summed E-state index contributed by atoms with van der Waals surface area (Å²) in [6.07, 6.45) is 0.292. The molecule has 0 bridgehead atoms. The minimum absolute atomic E-state index is 0.0103. The zero-order valence-electron chi connectivity index (χ0n) is 17.8. The van der Waals surface area contributed by atoms with E-state index >= 15 is 0 Å². The highest BCUT2D eigenvalue weighted by molar-refractivity contribution is 7.22. The second kappa shape index (κ2) is 10.9. The summed E-state index contributed by atoms with van der Waals surface area (Å²) < 4.78 is 12.2. The molecular weight excluding hydrogens is 398 g/mol. The third-order valence-electron chi connectivity index (χ3n) is 4.98. The molecule has 0 N–H and O–H groups in total. The van der Waals surface area contributed by atoms with Crippen LogP contribution in [-0.2, 0) is 4.79 Å². The van der Waals surface area contributed by atoms with E-state index in [9.17, 15) is 4.79 Å². The Balaban J connectivity index is 1.76. The Bertz CT molecular complexity index is 941. The molecule has 0 saturated carbocycles. The molecule has 7 heteroatoms. The number of methoxy groups -OCH3 is 1. The Labute approximate surface area is 182 Å². The predicted octanol–water partition coefficient (Wildman–Crippen LogP) is 4.45. The van der Waals surface area contributed by atoms with E-state index in [2.05, 4.69) is 18.7 Å². The van der Waals surface area contributed by atoms with Crippen molar-refractivity contribution in [2.75, 3.05) is 44.8 Å². The van der Waals surface area contributed by atoms with Crippen molar-refractivity contribution in [1.29, 1.82) is 0 Å². The molecule has 0 fully saturated rings. The molecule has 0 atom stereocenters. The maximum Gasteiger partial charge on any atom is 0.232 e. The maximum atomic E-state index is 13.1. The first-order valence-electron chi connectivity index (χ1n) is 10.3. The molecule has 30 heavy (non-hydrogen) atoms. The number of para-hydroxylation sites is 2. The summed E-state index contributed by atoms with van der Waals surface area (Å²) in [4.78, 5) is 21.9. The lowest BCUT2D eigenvalue weighted by Crippen LogP contribution is -2.39. The Morgan fingerprint density at radius 3 is 2.50 bits per heavy atom. The van der Waals surface area contributed by atoms with Gasteiger partial charge in [-0.3, -0.25) is 9.69 Å². The van der Waals surface area contributed by atoms with Gasteiger partial charge in [-0.1, -0.05) is 49.4 Å². The first-order chi connectivity index (χ1) is 14.7. The molecule has 0 saturated heterocycles. The molecule has 0 spiro atoms. The number of rotatable bonds is 11. The van der Waals surface area contributed by atoms with E-state index in [4.69, 9.17) is 14.5 Å². The molecule has 0 aliphatic heterocycles. The van der Waals surface area contributed by atoms with Crippen molar-refractivity contribution in [3.05, 3.63) is 48.5 Å². The first kappa shape index (κ1) is 22.1. The summed E-state index contributed by atoms with van der Waals surface area (Å²) >= 11 is 1.51. The van der Waals surface area contributed by atoms with E-state index < -0.39 is 0 Å². The van der Waals surface area contributed by atoms with Crippen LogP contribution >= 0.6 is 11.3 Å². The molecule has 0 aliphatic rings. The van der Waals surface area contributed by atoms with Crippen molar-refractivity contribution in [3.63, 3.8) is 0 Å². The average molecular weight is 428 g/mol. The van der Waals surface area contributed by atoms with Gasteiger partial charge in [0.15, 0.2) is 5.13 Å². The SMILES string of the molecule is CCN(CC)CCN(C(=O)CCOc1ccccc1)c1nc2c(OC)cccc2s1. The van der Waals surface area contributed by atoms with E-state index in [1.54, 1.807) is 12.0 Å². The zero-order chi connectivity index (χ0) is 21.3. The van der Waals surface area contributed by atoms with Gasteiger partial charge in [-0.25, -0.2) is 4.98 Å². The highest BCUT2D eigenvalue weighted by Crippen LogP contribution is 2.34. The van der Waals surface area contributed by atoms with Crippen molar-refractivity contribution in [1.82, 2.24) is 9.88 Å². The van der Waals surface area contributed by atoms with Crippen LogP contribution in [0.25, 0.3) is 10.2 Å². The van der Waals surface area contributed by atoms with Crippen LogP contribution in [0.5, 0.6) is 11.5 Å². The van der Waals surface area contributed by atoms with Crippen LogP contribution in [-0.4, -0.2) is 55.7 Å². The van der Waals surface area contributed by atoms with Crippen molar-refractivity contribution < 1.29 is 14.3 Å². The molecule has 0 unspecified atom stereocenters. The number of carbonyl (C=O) groups excluding carboxylic acids is 1. The van der Waals surface area contributed by atoms with Crippen LogP contribution in [0.15, 0.2) is 48.5 Å². The van der Waals surface area contributed by atoms with Crippen molar-refractivity contribution >= 4 is 32.6 Å². The molecule has 3 aromatic rings. The Kier molecular flexibility index (Phi) is 8.04. The second-order valence-electron chi connectivity index (χ2n) is 6.79. The lowest BCUT2D eigenvalue weighted by molar-refractivity contribution is -0.119. The van der Waals surface area contributed by atoms with Crippen molar-refractivity contribution in [2.45, 2.75) is 20.3 Å². The normalized spacial score (nSPS) is 11.1. The van der Waals surface area contributed by atoms with Crippen LogP contribution in [0.2, 0.25) is 0 Å². The number of nitrogens with zero attached hydrogens (tertiary/aromatic N) is 3. The minimum atomic E-state index is 0.0103. The number of hydrogen-bond acceptors (Lipinski definition) is 6. The molecule has 1 aromatic heterocycles. The smallest absolute Gasteiger partial charge is 0.232 e. The van der Waals surface area contributed by atoms with Gasteiger partial charge in [0, 0.05) is 13.1 Å². The number of anilines is 1. The van der Waals surface area contributed by atoms with Crippen LogP contribution in [0.4, 0.5) is 5.13 Å². The van der Waals surface area contributed by atoms with E-state index in [0.29, 0.717) is 24.7 Å². The highest BCUT2D eigenvalue weighted by atomic mass is 32.1. The Hall–Kier alpha value is -2.64. The highest BCUT2D eigenvalue weighted by Gasteiger charge is 2.21.